The lowest BCUT2D eigenvalue weighted by atomic mass is 10.0. The van der Waals surface area contributed by atoms with Crippen molar-refractivity contribution >= 4 is 16.7 Å². The molecular weight excluding hydrogens is 396 g/mol. The van der Waals surface area contributed by atoms with Crippen LogP contribution in [0.3, 0.4) is 0 Å². The number of nitrogens with zero attached hydrogens (tertiary/aromatic N) is 4. The van der Waals surface area contributed by atoms with Gasteiger partial charge in [0.25, 0.3) is 5.91 Å². The summed E-state index contributed by atoms with van der Waals surface area (Å²) in [6, 6.07) is 26.2. The molecule has 0 aliphatic carbocycles. The van der Waals surface area contributed by atoms with E-state index in [0.29, 0.717) is 13.1 Å². The molecule has 32 heavy (non-hydrogen) atoms. The van der Waals surface area contributed by atoms with E-state index in [9.17, 15) is 4.79 Å². The van der Waals surface area contributed by atoms with Gasteiger partial charge in [0.05, 0.1) is 24.5 Å². The number of carbonyl (C=O) groups excluding carboxylic acids is 1. The predicted octanol–water partition coefficient (Wildman–Crippen LogP) is 5.28. The minimum Gasteiger partial charge on any atom is -0.328 e. The monoisotopic (exact) mass is 418 g/mol. The Morgan fingerprint density at radius 2 is 1.59 bits per heavy atom. The van der Waals surface area contributed by atoms with Crippen LogP contribution in [0.25, 0.3) is 22.3 Å². The summed E-state index contributed by atoms with van der Waals surface area (Å²) in [5.74, 6) is 1.04. The Balaban J connectivity index is 1.42. The fourth-order valence-corrected chi connectivity index (χ4v) is 4.64. The van der Waals surface area contributed by atoms with Crippen molar-refractivity contribution in [2.24, 2.45) is 0 Å². The van der Waals surface area contributed by atoms with Gasteiger partial charge in [0.15, 0.2) is 0 Å². The van der Waals surface area contributed by atoms with Gasteiger partial charge in [-0.3, -0.25) is 4.79 Å². The molecule has 5 aromatic rings. The number of hydrogen-bond acceptors (Lipinski definition) is 2. The van der Waals surface area contributed by atoms with Crippen molar-refractivity contribution in [1.82, 2.24) is 19.2 Å². The highest BCUT2D eigenvalue weighted by atomic mass is 16.2. The number of fused-ring (bicyclic) bond motifs is 2. The van der Waals surface area contributed by atoms with E-state index in [1.54, 1.807) is 0 Å². The van der Waals surface area contributed by atoms with Gasteiger partial charge in [-0.25, -0.2) is 4.68 Å². The normalized spacial score (nSPS) is 13.0. The van der Waals surface area contributed by atoms with Crippen molar-refractivity contribution in [3.8, 4) is 11.5 Å². The second kappa shape index (κ2) is 7.24. The van der Waals surface area contributed by atoms with Crippen molar-refractivity contribution < 1.29 is 4.79 Å². The third kappa shape index (κ3) is 2.86. The second-order valence-corrected chi connectivity index (χ2v) is 8.23. The first kappa shape index (κ1) is 18.6. The first-order valence-electron chi connectivity index (χ1n) is 10.8. The zero-order valence-electron chi connectivity index (χ0n) is 17.8. The summed E-state index contributed by atoms with van der Waals surface area (Å²) in [7, 11) is 0. The number of aromatic nitrogens is 3. The van der Waals surface area contributed by atoms with Crippen LogP contribution in [0.2, 0.25) is 0 Å². The first-order valence-corrected chi connectivity index (χ1v) is 10.8. The van der Waals surface area contributed by atoms with E-state index < -0.39 is 0 Å². The van der Waals surface area contributed by atoms with E-state index in [1.807, 2.05) is 88.7 Å². The molecule has 6 rings (SSSR count). The molecule has 0 unspecified atom stereocenters. The minimum atomic E-state index is 0.0423. The number of hydrogen-bond donors (Lipinski definition) is 0. The van der Waals surface area contributed by atoms with Crippen LogP contribution < -0.4 is 0 Å². The van der Waals surface area contributed by atoms with Gasteiger partial charge in [0, 0.05) is 23.5 Å². The molecule has 0 saturated heterocycles. The Morgan fingerprint density at radius 3 is 2.44 bits per heavy atom. The molecule has 3 aromatic carbocycles. The number of amides is 1. The highest BCUT2D eigenvalue weighted by molar-refractivity contribution is 6.07. The molecule has 1 aliphatic rings. The summed E-state index contributed by atoms with van der Waals surface area (Å²) in [4.78, 5) is 15.4. The summed E-state index contributed by atoms with van der Waals surface area (Å²) in [5, 5.41) is 7.03. The Kier molecular flexibility index (Phi) is 4.21. The molecule has 156 valence electrons. The van der Waals surface area contributed by atoms with Crippen LogP contribution in [0.1, 0.15) is 27.2 Å². The average Bonchev–Trinajstić information content (AvgIpc) is 3.55. The van der Waals surface area contributed by atoms with Crippen LogP contribution in [0.4, 0.5) is 0 Å². The molecule has 1 amide bonds. The van der Waals surface area contributed by atoms with Crippen molar-refractivity contribution in [1.29, 1.82) is 0 Å². The molecule has 1 aliphatic heterocycles. The third-order valence-electron chi connectivity index (χ3n) is 6.23. The molecule has 0 fully saturated rings. The fraction of sp³-hybridized carbons (Fsp3) is 0.111. The van der Waals surface area contributed by atoms with E-state index >= 15 is 0 Å². The lowest BCUT2D eigenvalue weighted by Crippen LogP contribution is -2.26. The molecule has 0 saturated carbocycles. The van der Waals surface area contributed by atoms with E-state index in [0.717, 1.165) is 44.7 Å². The van der Waals surface area contributed by atoms with Gasteiger partial charge in [0.2, 0.25) is 0 Å². The fourth-order valence-electron chi connectivity index (χ4n) is 4.64. The van der Waals surface area contributed by atoms with Gasteiger partial charge in [-0.05, 0) is 47.5 Å². The van der Waals surface area contributed by atoms with Crippen LogP contribution in [-0.2, 0) is 13.1 Å². The predicted molar refractivity (Wildman–Crippen MR) is 125 cm³/mol. The number of benzene rings is 3. The average molecular weight is 419 g/mol. The summed E-state index contributed by atoms with van der Waals surface area (Å²) < 4.78 is 4.10. The summed E-state index contributed by atoms with van der Waals surface area (Å²) in [6.07, 6.45) is 4.06. The van der Waals surface area contributed by atoms with E-state index in [4.69, 9.17) is 5.10 Å². The molecule has 3 heterocycles. The lowest BCUT2D eigenvalue weighted by molar-refractivity contribution is 0.0751. The van der Waals surface area contributed by atoms with E-state index in [1.165, 1.54) is 0 Å². The summed E-state index contributed by atoms with van der Waals surface area (Å²) in [5.41, 5.74) is 4.99. The first-order chi connectivity index (χ1) is 15.7. The number of aryl methyl sites for hydroxylation is 1. The van der Waals surface area contributed by atoms with Crippen LogP contribution in [0.5, 0.6) is 0 Å². The van der Waals surface area contributed by atoms with Gasteiger partial charge >= 0.3 is 0 Å². The van der Waals surface area contributed by atoms with Gasteiger partial charge in [-0.2, -0.15) is 5.10 Å². The molecule has 5 heteroatoms. The molecule has 0 radical (unpaired) electrons. The smallest absolute Gasteiger partial charge is 0.255 e. The maximum Gasteiger partial charge on any atom is 0.255 e. The van der Waals surface area contributed by atoms with Gasteiger partial charge < -0.3 is 9.47 Å². The highest BCUT2D eigenvalue weighted by Crippen LogP contribution is 2.33. The SMILES string of the molecule is Cc1ccccc1-n1nc2c(c1-n1cccc1)CN(C(=O)c1cccc3ccccc13)C2. The molecule has 0 N–H and O–H groups in total. The molecule has 2 aromatic heterocycles. The molecule has 0 spiro atoms. The van der Waals surface area contributed by atoms with E-state index in [-0.39, 0.29) is 5.91 Å². The zero-order valence-corrected chi connectivity index (χ0v) is 17.8. The van der Waals surface area contributed by atoms with Crippen LogP contribution in [0.15, 0.2) is 91.3 Å². The molecule has 0 bridgehead atoms. The second-order valence-electron chi connectivity index (χ2n) is 8.23. The Labute approximate surface area is 186 Å². The lowest BCUT2D eigenvalue weighted by Gasteiger charge is -2.19. The molecular formula is C27H22N4O. The van der Waals surface area contributed by atoms with Gasteiger partial charge in [0.1, 0.15) is 5.82 Å². The highest BCUT2D eigenvalue weighted by Gasteiger charge is 2.32. The number of carbonyl (C=O) groups is 1. The standard InChI is InChI=1S/C27H22N4O/c1-19-9-2-5-14-25(19)31-26(29-15-6-7-16-29)23-17-30(18-24(23)28-31)27(32)22-13-8-11-20-10-3-4-12-21(20)22/h2-16H,17-18H2,1H3. The van der Waals surface area contributed by atoms with Gasteiger partial charge in [-0.15, -0.1) is 0 Å². The van der Waals surface area contributed by atoms with E-state index in [2.05, 4.69) is 23.6 Å². The number of rotatable bonds is 3. The zero-order chi connectivity index (χ0) is 21.7. The molecule has 5 nitrogen and oxygen atoms in total. The van der Waals surface area contributed by atoms with Gasteiger partial charge in [-0.1, -0.05) is 54.6 Å². The Morgan fingerprint density at radius 1 is 0.844 bits per heavy atom. The largest absolute Gasteiger partial charge is 0.328 e. The maximum atomic E-state index is 13.5. The quantitative estimate of drug-likeness (QED) is 0.400. The van der Waals surface area contributed by atoms with Crippen LogP contribution in [0, 0.1) is 6.92 Å². The Bertz CT molecular complexity index is 1460. The van der Waals surface area contributed by atoms with Crippen LogP contribution in [-0.4, -0.2) is 25.2 Å². The summed E-state index contributed by atoms with van der Waals surface area (Å²) in [6.45, 7) is 3.14. The Hall–Kier alpha value is -4.12. The minimum absolute atomic E-state index is 0.0423. The van der Waals surface area contributed by atoms with Crippen molar-refractivity contribution in [2.45, 2.75) is 20.0 Å². The topological polar surface area (TPSA) is 43.1 Å². The van der Waals surface area contributed by atoms with Crippen molar-refractivity contribution in [3.63, 3.8) is 0 Å². The number of para-hydroxylation sites is 1. The summed E-state index contributed by atoms with van der Waals surface area (Å²) >= 11 is 0. The van der Waals surface area contributed by atoms with Crippen molar-refractivity contribution in [3.05, 3.63) is 114 Å². The van der Waals surface area contributed by atoms with Crippen molar-refractivity contribution in [2.75, 3.05) is 0 Å². The van der Waals surface area contributed by atoms with Crippen LogP contribution >= 0.6 is 0 Å². The third-order valence-corrected chi connectivity index (χ3v) is 6.23. The molecule has 0 atom stereocenters. The maximum absolute atomic E-state index is 13.5.